The average Bonchev–Trinajstić information content (AvgIpc) is 3.06. The zero-order valence-electron chi connectivity index (χ0n) is 14.2. The van der Waals surface area contributed by atoms with E-state index in [0.29, 0.717) is 23.7 Å². The summed E-state index contributed by atoms with van der Waals surface area (Å²) in [6.45, 7) is 2.36. The van der Waals surface area contributed by atoms with Crippen molar-refractivity contribution >= 4 is 16.7 Å². The number of rotatable bonds is 2. The smallest absolute Gasteiger partial charge is 0.137 e. The van der Waals surface area contributed by atoms with E-state index in [1.807, 2.05) is 0 Å². The van der Waals surface area contributed by atoms with E-state index in [4.69, 9.17) is 0 Å². The highest BCUT2D eigenvalue weighted by Crippen LogP contribution is 2.51. The van der Waals surface area contributed by atoms with E-state index in [2.05, 4.69) is 40.3 Å². The van der Waals surface area contributed by atoms with E-state index in [0.717, 1.165) is 12.8 Å². The molecule has 6 rings (SSSR count). The van der Waals surface area contributed by atoms with Crippen molar-refractivity contribution in [3.05, 3.63) is 36.0 Å². The van der Waals surface area contributed by atoms with Crippen LogP contribution < -0.4 is 0 Å². The Hall–Kier alpha value is -1.61. The van der Waals surface area contributed by atoms with Gasteiger partial charge in [-0.25, -0.2) is 0 Å². The number of aromatic nitrogens is 1. The van der Waals surface area contributed by atoms with E-state index in [9.17, 15) is 4.79 Å². The normalized spacial score (nSPS) is 34.1. The summed E-state index contributed by atoms with van der Waals surface area (Å²) >= 11 is 0. The Balaban J connectivity index is 1.60. The van der Waals surface area contributed by atoms with Gasteiger partial charge in [0.05, 0.1) is 0 Å². The molecule has 3 aliphatic carbocycles. The third-order valence-electron chi connectivity index (χ3n) is 6.81. The van der Waals surface area contributed by atoms with E-state index in [-0.39, 0.29) is 5.92 Å². The molecule has 0 spiro atoms. The van der Waals surface area contributed by atoms with Gasteiger partial charge in [0.25, 0.3) is 0 Å². The van der Waals surface area contributed by atoms with Gasteiger partial charge in [0.1, 0.15) is 5.78 Å². The first-order valence-corrected chi connectivity index (χ1v) is 9.66. The minimum absolute atomic E-state index is 0.270. The van der Waals surface area contributed by atoms with Crippen LogP contribution >= 0.6 is 0 Å². The maximum absolute atomic E-state index is 12.7. The fourth-order valence-electron chi connectivity index (χ4n) is 5.77. The largest absolute Gasteiger partial charge is 0.361 e. The Morgan fingerprint density at radius 3 is 2.71 bits per heavy atom. The van der Waals surface area contributed by atoms with Crippen molar-refractivity contribution < 1.29 is 4.79 Å². The number of para-hydroxylation sites is 1. The maximum atomic E-state index is 12.7. The molecule has 0 radical (unpaired) electrons. The highest BCUT2D eigenvalue weighted by molar-refractivity contribution is 5.87. The minimum Gasteiger partial charge on any atom is -0.361 e. The van der Waals surface area contributed by atoms with Gasteiger partial charge in [-0.1, -0.05) is 24.6 Å². The van der Waals surface area contributed by atoms with Gasteiger partial charge >= 0.3 is 0 Å². The number of carbonyl (C=O) groups is 1. The number of carbonyl (C=O) groups excluding carboxylic acids is 1. The summed E-state index contributed by atoms with van der Waals surface area (Å²) < 4.78 is 0. The van der Waals surface area contributed by atoms with E-state index < -0.39 is 0 Å². The van der Waals surface area contributed by atoms with Crippen LogP contribution in [0.15, 0.2) is 30.5 Å². The summed E-state index contributed by atoms with van der Waals surface area (Å²) in [5, 5.41) is 1.37. The molecule has 126 valence electrons. The zero-order chi connectivity index (χ0) is 16.1. The second-order valence-corrected chi connectivity index (χ2v) is 8.02. The molecule has 1 N–H and O–H groups in total. The Morgan fingerprint density at radius 2 is 1.88 bits per heavy atom. The molecular weight excluding hydrogens is 296 g/mol. The van der Waals surface area contributed by atoms with Crippen molar-refractivity contribution in [3.63, 3.8) is 0 Å². The molecule has 2 bridgehead atoms. The molecule has 1 saturated heterocycles. The van der Waals surface area contributed by atoms with Gasteiger partial charge in [-0.3, -0.25) is 9.69 Å². The van der Waals surface area contributed by atoms with Gasteiger partial charge in [0.2, 0.25) is 0 Å². The molecule has 1 aromatic heterocycles. The number of fused-ring (bicyclic) bond motifs is 4. The zero-order valence-corrected chi connectivity index (χ0v) is 14.2. The monoisotopic (exact) mass is 322 g/mol. The summed E-state index contributed by atoms with van der Waals surface area (Å²) in [6.07, 6.45) is 9.32. The van der Waals surface area contributed by atoms with Crippen molar-refractivity contribution in [2.24, 2.45) is 11.8 Å². The van der Waals surface area contributed by atoms with Crippen LogP contribution in [0.5, 0.6) is 0 Å². The quantitative estimate of drug-likeness (QED) is 0.903. The molecule has 0 amide bonds. The highest BCUT2D eigenvalue weighted by Gasteiger charge is 2.51. The highest BCUT2D eigenvalue weighted by atomic mass is 16.1. The summed E-state index contributed by atoms with van der Waals surface area (Å²) in [5.41, 5.74) is 2.70. The van der Waals surface area contributed by atoms with Crippen molar-refractivity contribution in [2.75, 3.05) is 13.1 Å². The van der Waals surface area contributed by atoms with Crippen LogP contribution in [0.2, 0.25) is 0 Å². The molecule has 3 nitrogen and oxygen atoms in total. The second kappa shape index (κ2) is 5.73. The summed E-state index contributed by atoms with van der Waals surface area (Å²) in [4.78, 5) is 18.8. The average molecular weight is 322 g/mol. The Labute approximate surface area is 143 Å². The Kier molecular flexibility index (Phi) is 3.51. The van der Waals surface area contributed by atoms with Crippen LogP contribution in [0.25, 0.3) is 10.9 Å². The Bertz CT molecular complexity index is 758. The van der Waals surface area contributed by atoms with E-state index in [1.165, 1.54) is 55.2 Å². The van der Waals surface area contributed by atoms with Gasteiger partial charge < -0.3 is 4.98 Å². The maximum Gasteiger partial charge on any atom is 0.137 e. The number of Topliss-reactive ketones (excluding diaryl/α,β-unsaturated/α-hetero) is 1. The number of piperidine rings is 1. The summed E-state index contributed by atoms with van der Waals surface area (Å²) in [7, 11) is 0. The number of ketones is 1. The van der Waals surface area contributed by atoms with Crippen LogP contribution in [0.1, 0.15) is 50.0 Å². The first kappa shape index (κ1) is 14.7. The van der Waals surface area contributed by atoms with Crippen LogP contribution in [-0.2, 0) is 4.79 Å². The number of nitrogens with zero attached hydrogens (tertiary/aromatic N) is 1. The fraction of sp³-hybridized carbons (Fsp3) is 0.571. The van der Waals surface area contributed by atoms with Crippen molar-refractivity contribution in [1.82, 2.24) is 9.88 Å². The number of likely N-dealkylation sites (tertiary alicyclic amines) is 1. The first-order valence-electron chi connectivity index (χ1n) is 9.66. The van der Waals surface area contributed by atoms with Crippen molar-refractivity contribution in [1.29, 1.82) is 0 Å². The van der Waals surface area contributed by atoms with Gasteiger partial charge in [-0.15, -0.1) is 0 Å². The molecule has 4 aliphatic rings. The number of H-pyrrole nitrogens is 1. The van der Waals surface area contributed by atoms with Crippen molar-refractivity contribution in [2.45, 2.75) is 50.5 Å². The molecule has 4 atom stereocenters. The fourth-order valence-corrected chi connectivity index (χ4v) is 5.77. The predicted molar refractivity (Wildman–Crippen MR) is 96.1 cm³/mol. The van der Waals surface area contributed by atoms with Crippen LogP contribution in [0.3, 0.4) is 0 Å². The van der Waals surface area contributed by atoms with Gasteiger partial charge in [0.15, 0.2) is 0 Å². The molecule has 0 unspecified atom stereocenters. The Morgan fingerprint density at radius 1 is 1.04 bits per heavy atom. The van der Waals surface area contributed by atoms with Gasteiger partial charge in [-0.2, -0.15) is 0 Å². The number of nitrogens with one attached hydrogen (secondary N) is 1. The van der Waals surface area contributed by atoms with Gasteiger partial charge in [0, 0.05) is 41.4 Å². The topological polar surface area (TPSA) is 36.1 Å². The standard InChI is InChI=1S/C21H26N2O/c24-19-12-14-8-9-16(19)21(23-10-4-1-5-11-23)20(14)17-13-22-18-7-3-2-6-15(17)18/h2-3,6-7,13-14,16,20-22H,1,4-5,8-12H2/t14-,16+,20-,21+/m1/s1. The molecule has 1 aromatic carbocycles. The molecule has 4 fully saturated rings. The number of hydrogen-bond acceptors (Lipinski definition) is 2. The molecular formula is C21H26N2O. The first-order chi connectivity index (χ1) is 11.8. The van der Waals surface area contributed by atoms with Crippen LogP contribution in [-0.4, -0.2) is 34.8 Å². The molecule has 1 aliphatic heterocycles. The van der Waals surface area contributed by atoms with Gasteiger partial charge in [-0.05, 0) is 56.3 Å². The third-order valence-corrected chi connectivity index (χ3v) is 6.81. The van der Waals surface area contributed by atoms with E-state index in [1.54, 1.807) is 0 Å². The lowest BCUT2D eigenvalue weighted by atomic mass is 9.58. The molecule has 3 heteroatoms. The summed E-state index contributed by atoms with van der Waals surface area (Å²) in [5.74, 6) is 1.87. The van der Waals surface area contributed by atoms with E-state index >= 15 is 0 Å². The van der Waals surface area contributed by atoms with Crippen LogP contribution in [0, 0.1) is 11.8 Å². The third kappa shape index (κ3) is 2.17. The lowest BCUT2D eigenvalue weighted by Crippen LogP contribution is -2.56. The lowest BCUT2D eigenvalue weighted by molar-refractivity contribution is -0.135. The number of benzene rings is 1. The minimum atomic E-state index is 0.270. The molecule has 24 heavy (non-hydrogen) atoms. The second-order valence-electron chi connectivity index (χ2n) is 8.02. The SMILES string of the molecule is O=C1C[C@H]2CC[C@@H]1[C@H](N1CCCCC1)[C@H]2c1c[nH]c2ccccc12. The van der Waals surface area contributed by atoms with Crippen molar-refractivity contribution in [3.8, 4) is 0 Å². The molecule has 2 heterocycles. The lowest BCUT2D eigenvalue weighted by Gasteiger charge is -2.52. The summed E-state index contributed by atoms with van der Waals surface area (Å²) in [6, 6.07) is 9.09. The van der Waals surface area contributed by atoms with Crippen LogP contribution in [0.4, 0.5) is 0 Å². The predicted octanol–water partition coefficient (Wildman–Crippen LogP) is 4.11. The number of aromatic amines is 1. The number of hydrogen-bond donors (Lipinski definition) is 1. The molecule has 2 aromatic rings. The molecule has 3 saturated carbocycles.